The molecule has 5 aliphatic carbocycles. The lowest BCUT2D eigenvalue weighted by atomic mass is 9.32. The average molecular weight is 638 g/mol. The molecule has 0 saturated heterocycles. The number of carboxylic acids is 1. The van der Waals surface area contributed by atoms with Gasteiger partial charge in [0.2, 0.25) is 0 Å². The van der Waals surface area contributed by atoms with Crippen molar-refractivity contribution in [1.82, 2.24) is 4.90 Å². The van der Waals surface area contributed by atoms with Crippen LogP contribution in [0, 0.1) is 56.7 Å². The van der Waals surface area contributed by atoms with Crippen LogP contribution in [0.1, 0.15) is 133 Å². The molecule has 1 heterocycles. The van der Waals surface area contributed by atoms with Gasteiger partial charge < -0.3 is 19.8 Å². The van der Waals surface area contributed by atoms with Crippen LogP contribution in [-0.2, 0) is 9.53 Å². The predicted octanol–water partition coefficient (Wildman–Crippen LogP) is 9.03. The molecule has 5 saturated carbocycles. The first-order valence-electron chi connectivity index (χ1n) is 18.5. The van der Waals surface area contributed by atoms with Gasteiger partial charge in [0, 0.05) is 6.54 Å². The highest BCUT2D eigenvalue weighted by Crippen LogP contribution is 2.78. The van der Waals surface area contributed by atoms with Gasteiger partial charge in [0.05, 0.1) is 18.2 Å². The predicted molar refractivity (Wildman–Crippen MR) is 182 cm³/mol. The van der Waals surface area contributed by atoms with E-state index in [-0.39, 0.29) is 39.7 Å². The number of aliphatic hydroxyl groups is 1. The third-order valence-corrected chi connectivity index (χ3v) is 15.9. The summed E-state index contributed by atoms with van der Waals surface area (Å²) in [5.74, 6) is 1.58. The quantitative estimate of drug-likeness (QED) is 0.302. The van der Waals surface area contributed by atoms with Crippen LogP contribution in [-0.4, -0.2) is 52.0 Å². The van der Waals surface area contributed by atoms with Gasteiger partial charge in [0.1, 0.15) is 5.60 Å². The van der Waals surface area contributed by atoms with Gasteiger partial charge in [-0.3, -0.25) is 0 Å². The number of nitrogens with zero attached hydrogens (tertiary/aromatic N) is 1. The van der Waals surface area contributed by atoms with Gasteiger partial charge in [-0.2, -0.15) is 0 Å². The molecule has 2 N–H and O–H groups in total. The maximum absolute atomic E-state index is 13.1. The molecule has 5 fully saturated rings. The molecular formula is C40H63NO5. The Balaban J connectivity index is 1.39. The first kappa shape index (κ1) is 34.1. The standard InChI is InChI=1S/C40H63NO5/c1-24(2)25-13-19-40(27-16-22-41(23-26(27)33(43)44)34(45)46-35(3,4)5)21-20-38(9)28(32(25)40)11-12-30-37(8)17-15-31(42)36(6,7)29(37)14-18-39(30,38)10/h25,28-32,42H,1,11-23H2,2-10H3,(H,43,44)/t25-,28?,29?,30?,31-,32?,37-,38+,39+,40?/m0/s1. The van der Waals surface area contributed by atoms with E-state index in [2.05, 4.69) is 48.1 Å². The molecular weight excluding hydrogens is 574 g/mol. The van der Waals surface area contributed by atoms with Crippen molar-refractivity contribution < 1.29 is 24.5 Å². The van der Waals surface area contributed by atoms with Crippen LogP contribution >= 0.6 is 0 Å². The molecule has 0 radical (unpaired) electrons. The number of rotatable bonds is 3. The monoisotopic (exact) mass is 637 g/mol. The van der Waals surface area contributed by atoms with Gasteiger partial charge in [0.15, 0.2) is 0 Å². The van der Waals surface area contributed by atoms with E-state index in [1.807, 2.05) is 20.8 Å². The first-order chi connectivity index (χ1) is 21.2. The molecule has 0 aromatic rings. The Morgan fingerprint density at radius 3 is 2.22 bits per heavy atom. The van der Waals surface area contributed by atoms with Crippen molar-refractivity contribution in [2.24, 2.45) is 56.7 Å². The van der Waals surface area contributed by atoms with E-state index in [1.165, 1.54) is 31.3 Å². The summed E-state index contributed by atoms with van der Waals surface area (Å²) >= 11 is 0. The molecule has 6 aliphatic rings. The van der Waals surface area contributed by atoms with E-state index in [0.29, 0.717) is 48.1 Å². The Morgan fingerprint density at radius 1 is 0.891 bits per heavy atom. The fraction of sp³-hybridized carbons (Fsp3) is 0.850. The van der Waals surface area contributed by atoms with E-state index < -0.39 is 17.7 Å². The van der Waals surface area contributed by atoms with Crippen molar-refractivity contribution in [3.05, 3.63) is 23.3 Å². The average Bonchev–Trinajstić information content (AvgIpc) is 3.35. The van der Waals surface area contributed by atoms with E-state index in [4.69, 9.17) is 4.74 Å². The van der Waals surface area contributed by atoms with E-state index in [1.54, 1.807) is 4.90 Å². The molecule has 0 aromatic heterocycles. The van der Waals surface area contributed by atoms with E-state index >= 15 is 0 Å². The smallest absolute Gasteiger partial charge is 0.410 e. The van der Waals surface area contributed by atoms with Gasteiger partial charge in [-0.05, 0) is 161 Å². The Kier molecular flexibility index (Phi) is 8.03. The van der Waals surface area contributed by atoms with Crippen LogP contribution < -0.4 is 0 Å². The summed E-state index contributed by atoms with van der Waals surface area (Å²) < 4.78 is 5.68. The van der Waals surface area contributed by atoms with E-state index in [9.17, 15) is 19.8 Å². The maximum Gasteiger partial charge on any atom is 0.410 e. The minimum atomic E-state index is -0.882. The zero-order valence-electron chi connectivity index (χ0n) is 30.4. The number of fused-ring (bicyclic) bond motifs is 7. The number of hydrogen-bond donors (Lipinski definition) is 2. The Labute approximate surface area is 278 Å². The summed E-state index contributed by atoms with van der Waals surface area (Å²) in [6, 6.07) is 0. The second kappa shape index (κ2) is 10.8. The largest absolute Gasteiger partial charge is 0.478 e. The van der Waals surface area contributed by atoms with Gasteiger partial charge in [-0.15, -0.1) is 0 Å². The van der Waals surface area contributed by atoms with Crippen molar-refractivity contribution in [2.75, 3.05) is 13.1 Å². The van der Waals surface area contributed by atoms with E-state index in [0.717, 1.165) is 44.1 Å². The highest BCUT2D eigenvalue weighted by Gasteiger charge is 2.71. The van der Waals surface area contributed by atoms with Gasteiger partial charge in [-0.25, -0.2) is 9.59 Å². The Morgan fingerprint density at radius 2 is 1.59 bits per heavy atom. The number of aliphatic hydroxyl groups excluding tert-OH is 1. The van der Waals surface area contributed by atoms with Gasteiger partial charge in [0.25, 0.3) is 0 Å². The SMILES string of the molecule is C=C(C)[C@@H]1CCC2(C3=C(C(=O)O)CN(C(=O)OC(C)(C)C)CC3)CC[C@]3(C)C(CCC4[C@@]5(C)CC[C@H](O)C(C)(C)C5CC[C@]43C)C12. The number of carbonyl (C=O) groups is 2. The molecule has 5 unspecified atom stereocenters. The number of allylic oxidation sites excluding steroid dienone is 1. The number of ether oxygens (including phenoxy) is 1. The van der Waals surface area contributed by atoms with Crippen molar-refractivity contribution >= 4 is 12.1 Å². The van der Waals surface area contributed by atoms with Crippen LogP contribution in [0.25, 0.3) is 0 Å². The van der Waals surface area contributed by atoms with Crippen molar-refractivity contribution in [3.63, 3.8) is 0 Å². The zero-order chi connectivity index (χ0) is 33.8. The molecule has 46 heavy (non-hydrogen) atoms. The van der Waals surface area contributed by atoms with Crippen LogP contribution in [0.5, 0.6) is 0 Å². The summed E-state index contributed by atoms with van der Waals surface area (Å²) in [7, 11) is 0. The van der Waals surface area contributed by atoms with Gasteiger partial charge in [-0.1, -0.05) is 46.8 Å². The first-order valence-corrected chi connectivity index (χ1v) is 18.5. The molecule has 1 amide bonds. The number of aliphatic carboxylic acids is 1. The summed E-state index contributed by atoms with van der Waals surface area (Å²) in [5, 5.41) is 21.8. The van der Waals surface area contributed by atoms with Crippen LogP contribution in [0.4, 0.5) is 4.79 Å². The highest BCUT2D eigenvalue weighted by molar-refractivity contribution is 5.89. The minimum absolute atomic E-state index is 0.0574. The molecule has 0 spiro atoms. The number of hydrogen-bond acceptors (Lipinski definition) is 4. The van der Waals surface area contributed by atoms with Crippen LogP contribution in [0.3, 0.4) is 0 Å². The third-order valence-electron chi connectivity index (χ3n) is 15.9. The normalized spacial score (nSPS) is 45.2. The summed E-state index contributed by atoms with van der Waals surface area (Å²) in [6.45, 7) is 25.4. The molecule has 10 atom stereocenters. The summed E-state index contributed by atoms with van der Waals surface area (Å²) in [4.78, 5) is 27.7. The van der Waals surface area contributed by atoms with Crippen LogP contribution in [0.15, 0.2) is 23.3 Å². The number of carbonyl (C=O) groups excluding carboxylic acids is 1. The number of carboxylic acid groups (broad SMARTS) is 1. The molecule has 6 nitrogen and oxygen atoms in total. The molecule has 0 aromatic carbocycles. The second-order valence-electron chi connectivity index (χ2n) is 19.1. The minimum Gasteiger partial charge on any atom is -0.478 e. The maximum atomic E-state index is 13.1. The van der Waals surface area contributed by atoms with Crippen molar-refractivity contribution in [1.29, 1.82) is 0 Å². The lowest BCUT2D eigenvalue weighted by Crippen LogP contribution is -2.66. The molecule has 0 bridgehead atoms. The zero-order valence-corrected chi connectivity index (χ0v) is 30.4. The number of amides is 1. The third kappa shape index (κ3) is 4.71. The fourth-order valence-corrected chi connectivity index (χ4v) is 13.6. The fourth-order valence-electron chi connectivity index (χ4n) is 13.6. The van der Waals surface area contributed by atoms with Gasteiger partial charge >= 0.3 is 12.1 Å². The summed E-state index contributed by atoms with van der Waals surface area (Å²) in [6.07, 6.45) is 11.1. The Hall–Kier alpha value is -1.82. The lowest BCUT2D eigenvalue weighted by Gasteiger charge is -2.73. The molecule has 1 aliphatic heterocycles. The topological polar surface area (TPSA) is 87.1 Å². The molecule has 6 heteroatoms. The molecule has 6 rings (SSSR count). The molecule has 258 valence electrons. The van der Waals surface area contributed by atoms with Crippen molar-refractivity contribution in [2.45, 2.75) is 145 Å². The van der Waals surface area contributed by atoms with Crippen LogP contribution in [0.2, 0.25) is 0 Å². The summed E-state index contributed by atoms with van der Waals surface area (Å²) in [5.41, 5.74) is 2.59. The highest BCUT2D eigenvalue weighted by atomic mass is 16.6. The lowest BCUT2D eigenvalue weighted by molar-refractivity contribution is -0.245. The Bertz CT molecular complexity index is 1320. The second-order valence-corrected chi connectivity index (χ2v) is 19.1. The van der Waals surface area contributed by atoms with Crippen molar-refractivity contribution in [3.8, 4) is 0 Å².